The number of aromatic nitrogens is 1. The Hall–Kier alpha value is -2.70. The topological polar surface area (TPSA) is 38.7 Å². The largest absolute Gasteiger partial charge is 0.493 e. The first-order valence-electron chi connectivity index (χ1n) is 9.73. The van der Waals surface area contributed by atoms with Crippen molar-refractivity contribution in [3.63, 3.8) is 0 Å². The fraction of sp³-hybridized carbons (Fsp3) is 0.261. The Labute approximate surface area is 187 Å². The Morgan fingerprint density at radius 3 is 2.63 bits per heavy atom. The molecule has 2 aromatic carbocycles. The Bertz CT molecular complexity index is 1080. The molecule has 1 atom stereocenters. The lowest BCUT2D eigenvalue weighted by Gasteiger charge is -2.39. The molecule has 1 aliphatic heterocycles. The van der Waals surface area contributed by atoms with Gasteiger partial charge in [-0.15, -0.1) is 0 Å². The van der Waals surface area contributed by atoms with Gasteiger partial charge in [0.1, 0.15) is 0 Å². The van der Waals surface area contributed by atoms with Crippen molar-refractivity contribution in [3.8, 4) is 11.5 Å². The third kappa shape index (κ3) is 3.73. The van der Waals surface area contributed by atoms with E-state index in [0.717, 1.165) is 29.9 Å². The van der Waals surface area contributed by atoms with Crippen LogP contribution >= 0.6 is 23.8 Å². The monoisotopic (exact) mass is 441 g/mol. The number of ether oxygens (including phenoxy) is 2. The molecule has 0 fully saturated rings. The molecular weight excluding hydrogens is 418 g/mol. The highest BCUT2D eigenvalue weighted by molar-refractivity contribution is 7.80. The maximum atomic E-state index is 6.30. The molecule has 0 spiro atoms. The molecule has 0 bridgehead atoms. The molecule has 1 unspecified atom stereocenters. The van der Waals surface area contributed by atoms with Crippen LogP contribution in [0.1, 0.15) is 22.9 Å². The minimum atomic E-state index is -0.0481. The Morgan fingerprint density at radius 2 is 1.87 bits per heavy atom. The second kappa shape index (κ2) is 8.58. The summed E-state index contributed by atoms with van der Waals surface area (Å²) in [5, 5.41) is 4.78. The highest BCUT2D eigenvalue weighted by Gasteiger charge is 2.31. The summed E-state index contributed by atoms with van der Waals surface area (Å²) in [6.07, 6.45) is 2.11. The SMILES string of the molecule is COc1ccc(C2c3cccn3CCN2C(=S)Nc2cccc(Cl)c2C)cc1OC. The van der Waals surface area contributed by atoms with Crippen LogP contribution in [0.3, 0.4) is 0 Å². The van der Waals surface area contributed by atoms with Crippen LogP contribution in [0.2, 0.25) is 5.02 Å². The molecule has 2 heterocycles. The molecule has 7 heteroatoms. The van der Waals surface area contributed by atoms with E-state index in [1.807, 2.05) is 37.3 Å². The van der Waals surface area contributed by atoms with E-state index in [1.54, 1.807) is 14.2 Å². The fourth-order valence-electron chi connectivity index (χ4n) is 3.91. The molecule has 0 saturated carbocycles. The Balaban J connectivity index is 1.72. The van der Waals surface area contributed by atoms with E-state index >= 15 is 0 Å². The minimum Gasteiger partial charge on any atom is -0.493 e. The van der Waals surface area contributed by atoms with Gasteiger partial charge in [0.05, 0.1) is 20.3 Å². The van der Waals surface area contributed by atoms with Crippen LogP contribution in [-0.4, -0.2) is 35.3 Å². The van der Waals surface area contributed by atoms with Gasteiger partial charge < -0.3 is 24.3 Å². The van der Waals surface area contributed by atoms with Crippen molar-refractivity contribution in [1.82, 2.24) is 9.47 Å². The van der Waals surface area contributed by atoms with Crippen LogP contribution in [-0.2, 0) is 6.54 Å². The number of nitrogens with zero attached hydrogens (tertiary/aromatic N) is 2. The summed E-state index contributed by atoms with van der Waals surface area (Å²) in [5.74, 6) is 1.40. The highest BCUT2D eigenvalue weighted by Crippen LogP contribution is 2.37. The lowest BCUT2D eigenvalue weighted by molar-refractivity contribution is 0.291. The van der Waals surface area contributed by atoms with Gasteiger partial charge in [-0.2, -0.15) is 0 Å². The average molecular weight is 442 g/mol. The molecule has 0 aliphatic carbocycles. The van der Waals surface area contributed by atoms with Gasteiger partial charge in [0.15, 0.2) is 16.6 Å². The first kappa shape index (κ1) is 20.6. The summed E-state index contributed by atoms with van der Waals surface area (Å²) in [5.41, 5.74) is 4.16. The smallest absolute Gasteiger partial charge is 0.174 e. The van der Waals surface area contributed by atoms with E-state index < -0.39 is 0 Å². The number of methoxy groups -OCH3 is 2. The van der Waals surface area contributed by atoms with E-state index in [9.17, 15) is 0 Å². The third-order valence-corrected chi connectivity index (χ3v) is 6.28. The number of nitrogens with one attached hydrogen (secondary N) is 1. The van der Waals surface area contributed by atoms with Gasteiger partial charge in [-0.25, -0.2) is 0 Å². The summed E-state index contributed by atoms with van der Waals surface area (Å²) >= 11 is 12.2. The van der Waals surface area contributed by atoms with E-state index in [1.165, 1.54) is 5.69 Å². The molecule has 1 N–H and O–H groups in total. The maximum Gasteiger partial charge on any atom is 0.174 e. The zero-order valence-corrected chi connectivity index (χ0v) is 18.8. The van der Waals surface area contributed by atoms with Crippen molar-refractivity contribution in [2.45, 2.75) is 19.5 Å². The predicted molar refractivity (Wildman–Crippen MR) is 125 cm³/mol. The molecule has 3 aromatic rings. The summed E-state index contributed by atoms with van der Waals surface area (Å²) in [6, 6.07) is 16.0. The van der Waals surface area contributed by atoms with Crippen LogP contribution in [0.4, 0.5) is 5.69 Å². The predicted octanol–water partition coefficient (Wildman–Crippen LogP) is 5.27. The van der Waals surface area contributed by atoms with E-state index in [0.29, 0.717) is 21.6 Å². The van der Waals surface area contributed by atoms with E-state index in [2.05, 4.69) is 39.2 Å². The normalized spacial score (nSPS) is 15.5. The molecule has 0 amide bonds. The maximum absolute atomic E-state index is 6.30. The number of thiocarbonyl (C=S) groups is 1. The molecule has 156 valence electrons. The summed E-state index contributed by atoms with van der Waals surface area (Å²) in [7, 11) is 3.29. The van der Waals surface area contributed by atoms with Gasteiger partial charge in [0.2, 0.25) is 0 Å². The standard InChI is InChI=1S/C23H24ClN3O2S/c1-15-17(24)6-4-7-18(15)25-23(30)27-13-12-26-11-5-8-19(26)22(27)16-9-10-20(28-2)21(14-16)29-3/h4-11,14,22H,12-13H2,1-3H3,(H,25,30). The summed E-state index contributed by atoms with van der Waals surface area (Å²) in [6.45, 7) is 3.63. The van der Waals surface area contributed by atoms with Crippen molar-refractivity contribution < 1.29 is 9.47 Å². The van der Waals surface area contributed by atoms with Crippen molar-refractivity contribution in [3.05, 3.63) is 76.6 Å². The highest BCUT2D eigenvalue weighted by atomic mass is 35.5. The second-order valence-corrected chi connectivity index (χ2v) is 7.97. The number of hydrogen-bond acceptors (Lipinski definition) is 3. The van der Waals surface area contributed by atoms with Gasteiger partial charge in [-0.1, -0.05) is 23.7 Å². The zero-order valence-electron chi connectivity index (χ0n) is 17.2. The van der Waals surface area contributed by atoms with Crippen LogP contribution in [0.15, 0.2) is 54.7 Å². The van der Waals surface area contributed by atoms with Crippen molar-refractivity contribution in [1.29, 1.82) is 0 Å². The van der Waals surface area contributed by atoms with Gasteiger partial charge in [-0.3, -0.25) is 0 Å². The van der Waals surface area contributed by atoms with Gasteiger partial charge in [0, 0.05) is 35.7 Å². The number of anilines is 1. The molecular formula is C23H24ClN3O2S. The summed E-state index contributed by atoms with van der Waals surface area (Å²) < 4.78 is 13.2. The molecule has 0 saturated heterocycles. The van der Waals surface area contributed by atoms with Crippen molar-refractivity contribution >= 4 is 34.6 Å². The number of hydrogen-bond donors (Lipinski definition) is 1. The lowest BCUT2D eigenvalue weighted by Crippen LogP contribution is -2.44. The van der Waals surface area contributed by atoms with Gasteiger partial charge in [0.25, 0.3) is 0 Å². The van der Waals surface area contributed by atoms with Gasteiger partial charge >= 0.3 is 0 Å². The number of fused-ring (bicyclic) bond motifs is 1. The van der Waals surface area contributed by atoms with E-state index in [-0.39, 0.29) is 6.04 Å². The number of benzene rings is 2. The lowest BCUT2D eigenvalue weighted by atomic mass is 9.99. The zero-order chi connectivity index (χ0) is 21.3. The fourth-order valence-corrected chi connectivity index (χ4v) is 4.39. The first-order valence-corrected chi connectivity index (χ1v) is 10.5. The molecule has 1 aromatic heterocycles. The van der Waals surface area contributed by atoms with Crippen LogP contribution < -0.4 is 14.8 Å². The average Bonchev–Trinajstić information content (AvgIpc) is 3.24. The Morgan fingerprint density at radius 1 is 1.07 bits per heavy atom. The molecule has 1 aliphatic rings. The van der Waals surface area contributed by atoms with E-state index in [4.69, 9.17) is 33.3 Å². The Kier molecular flexibility index (Phi) is 5.88. The molecule has 4 rings (SSSR count). The van der Waals surface area contributed by atoms with Crippen molar-refractivity contribution in [2.24, 2.45) is 0 Å². The van der Waals surface area contributed by atoms with Crippen LogP contribution in [0.25, 0.3) is 0 Å². The third-order valence-electron chi connectivity index (χ3n) is 5.53. The first-order chi connectivity index (χ1) is 14.5. The second-order valence-electron chi connectivity index (χ2n) is 7.18. The van der Waals surface area contributed by atoms with Gasteiger partial charge in [-0.05, 0) is 66.7 Å². The quantitative estimate of drug-likeness (QED) is 0.558. The molecule has 0 radical (unpaired) electrons. The van der Waals surface area contributed by atoms with Crippen LogP contribution in [0, 0.1) is 6.92 Å². The van der Waals surface area contributed by atoms with Crippen molar-refractivity contribution in [2.75, 3.05) is 26.1 Å². The van der Waals surface area contributed by atoms with Crippen LogP contribution in [0.5, 0.6) is 11.5 Å². The summed E-state index contributed by atoms with van der Waals surface area (Å²) in [4.78, 5) is 2.21. The minimum absolute atomic E-state index is 0.0481. The molecule has 30 heavy (non-hydrogen) atoms. The number of rotatable bonds is 4. The number of halogens is 1. The molecule has 5 nitrogen and oxygen atoms in total.